The van der Waals surface area contributed by atoms with Crippen molar-refractivity contribution in [2.24, 2.45) is 17.8 Å². The molecule has 6 fully saturated rings. The highest BCUT2D eigenvalue weighted by Gasteiger charge is 2.51. The quantitative estimate of drug-likeness (QED) is 0.123. The summed E-state index contributed by atoms with van der Waals surface area (Å²) >= 11 is 6.16. The summed E-state index contributed by atoms with van der Waals surface area (Å²) in [5.41, 5.74) is -2.40. The van der Waals surface area contributed by atoms with Gasteiger partial charge in [-0.15, -0.1) is 0 Å². The second-order valence-electron chi connectivity index (χ2n) is 30.5. The molecule has 3 heterocycles. The number of piperidine rings is 1. The van der Waals surface area contributed by atoms with Crippen LogP contribution in [0.15, 0.2) is 18.2 Å². The van der Waals surface area contributed by atoms with E-state index >= 15 is 28.8 Å². The summed E-state index contributed by atoms with van der Waals surface area (Å²) in [4.78, 5) is 191. The molecule has 0 aromatic heterocycles. The third-order valence-electron chi connectivity index (χ3n) is 22.4. The van der Waals surface area contributed by atoms with E-state index in [0.29, 0.717) is 58.0 Å². The van der Waals surface area contributed by atoms with E-state index in [4.69, 9.17) is 11.6 Å². The number of alkyl halides is 5. The summed E-state index contributed by atoms with van der Waals surface area (Å²) in [6.07, 6.45) is 2.62. The maximum absolute atomic E-state index is 15.8. The lowest BCUT2D eigenvalue weighted by Gasteiger charge is -2.43. The highest BCUT2D eigenvalue weighted by molar-refractivity contribution is 6.31. The molecule has 3 saturated carbocycles. The number of aryl methyl sites for hydroxylation is 1. The number of carbonyl (C=O) groups excluding carboxylic acids is 12. The van der Waals surface area contributed by atoms with Crippen LogP contribution in [0.1, 0.15) is 198 Å². The Morgan fingerprint density at radius 2 is 1.19 bits per heavy atom. The third kappa shape index (κ3) is 22.2. The molecule has 3 aliphatic heterocycles. The number of rotatable bonds is 14. The van der Waals surface area contributed by atoms with Crippen molar-refractivity contribution in [2.45, 2.75) is 254 Å². The van der Waals surface area contributed by atoms with Crippen molar-refractivity contribution >= 4 is 82.5 Å². The number of fused-ring (bicyclic) bond motifs is 1. The fourth-order valence-corrected chi connectivity index (χ4v) is 16.4. The molecule has 0 radical (unpaired) electrons. The van der Waals surface area contributed by atoms with Crippen LogP contribution in [0.3, 0.4) is 0 Å². The van der Waals surface area contributed by atoms with Gasteiger partial charge in [-0.25, -0.2) is 8.78 Å². The normalized spacial score (nSPS) is 26.1. The minimum Gasteiger partial charge on any atom is -0.343 e. The molecule has 0 bridgehead atoms. The van der Waals surface area contributed by atoms with Gasteiger partial charge in [0.15, 0.2) is 0 Å². The second kappa shape index (κ2) is 38.4. The largest absolute Gasteiger partial charge is 0.417 e. The molecule has 0 unspecified atom stereocenters. The van der Waals surface area contributed by atoms with Crippen molar-refractivity contribution in [1.29, 1.82) is 0 Å². The lowest BCUT2D eigenvalue weighted by molar-refractivity contribution is -0.157. The molecule has 24 nitrogen and oxygen atoms in total. The van der Waals surface area contributed by atoms with Gasteiger partial charge in [-0.1, -0.05) is 102 Å². The average molecular weight is 1490 g/mol. The van der Waals surface area contributed by atoms with Crippen LogP contribution in [0, 0.1) is 17.8 Å². The highest BCUT2D eigenvalue weighted by atomic mass is 35.5. The number of halogens is 6. The summed E-state index contributed by atoms with van der Waals surface area (Å²) in [5, 5.41) is 7.99. The molecule has 3 saturated heterocycles. The Morgan fingerprint density at radius 3 is 1.81 bits per heavy atom. The molecular formula is C74H112ClF5N12O12. The summed E-state index contributed by atoms with van der Waals surface area (Å²) in [5.74, 6) is -9.09. The molecule has 104 heavy (non-hydrogen) atoms. The number of hydrogen-bond acceptors (Lipinski definition) is 12. The average Bonchev–Trinajstić information content (AvgIpc) is 1.48. The van der Waals surface area contributed by atoms with Crippen LogP contribution in [0.25, 0.3) is 0 Å². The fraction of sp³-hybridized carbons (Fsp3) is 0.757. The Morgan fingerprint density at radius 1 is 0.596 bits per heavy atom. The number of nitrogens with one attached hydrogen (secondary N) is 3. The second-order valence-corrected chi connectivity index (χ2v) is 30.9. The Hall–Kier alpha value is -7.20. The first-order valence-corrected chi connectivity index (χ1v) is 38.0. The number of likely N-dealkylation sites (N-methyl/N-ethyl adjacent to an activating group) is 7. The molecular weight excluding hydrogens is 1380 g/mol. The summed E-state index contributed by atoms with van der Waals surface area (Å²) in [6.45, 7) is 2.44. The molecule has 582 valence electrons. The molecule has 3 aliphatic carbocycles. The lowest BCUT2D eigenvalue weighted by Crippen LogP contribution is -2.65. The zero-order chi connectivity index (χ0) is 76.5. The molecule has 12 amide bonds. The van der Waals surface area contributed by atoms with Crippen LogP contribution in [0.2, 0.25) is 5.02 Å². The smallest absolute Gasteiger partial charge is 0.343 e. The van der Waals surface area contributed by atoms with Gasteiger partial charge in [0.25, 0.3) is 0 Å². The van der Waals surface area contributed by atoms with E-state index in [1.54, 1.807) is 4.90 Å². The van der Waals surface area contributed by atoms with Crippen LogP contribution < -0.4 is 16.0 Å². The van der Waals surface area contributed by atoms with E-state index in [1.807, 2.05) is 13.8 Å². The molecule has 7 rings (SSSR count). The zero-order valence-corrected chi connectivity index (χ0v) is 63.1. The maximum atomic E-state index is 15.8. The van der Waals surface area contributed by atoms with Crippen molar-refractivity contribution in [3.8, 4) is 0 Å². The highest BCUT2D eigenvalue weighted by Crippen LogP contribution is 2.39. The number of benzene rings is 1. The van der Waals surface area contributed by atoms with Gasteiger partial charge >= 0.3 is 6.18 Å². The van der Waals surface area contributed by atoms with Gasteiger partial charge < -0.3 is 60.0 Å². The predicted molar refractivity (Wildman–Crippen MR) is 379 cm³/mol. The van der Waals surface area contributed by atoms with E-state index in [2.05, 4.69) is 16.0 Å². The van der Waals surface area contributed by atoms with Gasteiger partial charge in [0, 0.05) is 75.4 Å². The summed E-state index contributed by atoms with van der Waals surface area (Å²) in [6, 6.07) is -6.08. The van der Waals surface area contributed by atoms with Gasteiger partial charge in [-0.3, -0.25) is 57.5 Å². The monoisotopic (exact) mass is 1490 g/mol. The first-order valence-electron chi connectivity index (χ1n) is 37.6. The van der Waals surface area contributed by atoms with Crippen LogP contribution >= 0.6 is 11.6 Å². The Kier molecular flexibility index (Phi) is 31.0. The number of hydrogen-bond donors (Lipinski definition) is 3. The fourth-order valence-electron chi connectivity index (χ4n) is 16.1. The SMILES string of the molecule is CC(C)C[C@H]1C(=O)N[C@@H](CCCCC(F)F)C(=O)N(C)CC(=O)N(C)CC(=O)N(C)[C@@H](CC2CCCCC2)C(=O)N(C)CC(=O)N[C@@H](CCc2ccc(C(F)(F)F)c(Cl)c2)C(=O)N2CCC[C@H]2C(=O)NC2(CCCC2)C(=O)N(C)[C@@H](C2CCCCC2)C(=O)N(C)[C@H](C(=O)N2CCCCC2)CC(=O)N1C. The minimum atomic E-state index is -4.77. The molecule has 3 N–H and O–H groups in total. The first-order chi connectivity index (χ1) is 49.1. The number of unbranched alkanes of at least 4 members (excludes halogenated alkanes) is 1. The van der Waals surface area contributed by atoms with Crippen LogP contribution in [0.4, 0.5) is 22.0 Å². The van der Waals surface area contributed by atoms with Crippen molar-refractivity contribution in [3.05, 3.63) is 34.3 Å². The van der Waals surface area contributed by atoms with E-state index in [9.17, 15) is 50.7 Å². The van der Waals surface area contributed by atoms with Gasteiger partial charge in [0.2, 0.25) is 77.3 Å². The molecule has 6 aliphatic rings. The third-order valence-corrected chi connectivity index (χ3v) is 22.7. The van der Waals surface area contributed by atoms with E-state index < -0.39 is 180 Å². The van der Waals surface area contributed by atoms with Gasteiger partial charge in [-0.05, 0) is 132 Å². The predicted octanol–water partition coefficient (Wildman–Crippen LogP) is 7.20. The van der Waals surface area contributed by atoms with Gasteiger partial charge in [0.1, 0.15) is 47.8 Å². The maximum Gasteiger partial charge on any atom is 0.417 e. The van der Waals surface area contributed by atoms with E-state index in [0.717, 1.165) is 84.6 Å². The van der Waals surface area contributed by atoms with E-state index in [-0.39, 0.29) is 88.2 Å². The lowest BCUT2D eigenvalue weighted by atomic mass is 9.81. The van der Waals surface area contributed by atoms with Gasteiger partial charge in [0.05, 0.1) is 36.6 Å². The first kappa shape index (κ1) is 84.1. The van der Waals surface area contributed by atoms with Crippen molar-refractivity contribution in [1.82, 2.24) is 60.0 Å². The topological polar surface area (TPSA) is 270 Å². The molecule has 1 spiro atoms. The number of likely N-dealkylation sites (tertiary alicyclic amines) is 1. The summed E-state index contributed by atoms with van der Waals surface area (Å²) in [7, 11) is 9.67. The number of nitrogens with zero attached hydrogens (tertiary/aromatic N) is 9. The summed E-state index contributed by atoms with van der Waals surface area (Å²) < 4.78 is 68.7. The van der Waals surface area contributed by atoms with Crippen molar-refractivity contribution < 1.29 is 79.5 Å². The van der Waals surface area contributed by atoms with E-state index in [1.165, 1.54) is 79.9 Å². The standard InChI is InChI=1S/C74H112ClF5N12O12/c1-47(2)40-56-65(97)82-53(28-17-18-30-59(76)77)67(99)86(5)45-62(95)84(3)46-63(96)88(7)57(42-48-24-13-10-14-25-48)69(101)85(4)44-60(93)81-54(34-32-49-31-33-51(52(75)41-49)74(78,79)80)68(100)92-39-23-29-55(92)66(98)83-73(35-19-20-36-73)72(104)90(9)64(50-26-15-11-16-27-50)71(103)89(8)58(43-61(94)87(56)6)70(102)91-37-21-12-22-38-91/h31,33,41,47-48,50,53-59,64H,10-30,32,34-40,42-46H2,1-9H3,(H,81,93)(H,82,97)(H,83,98)/t53-,54-,55-,56-,57-,58-,64-/m0/s1. The van der Waals surface area contributed by atoms with Crippen molar-refractivity contribution in [2.75, 3.05) is 88.6 Å². The number of carbonyl (C=O) groups is 12. The van der Waals surface area contributed by atoms with Crippen LogP contribution in [-0.2, 0) is 70.1 Å². The molecule has 1 aromatic rings. The van der Waals surface area contributed by atoms with Crippen LogP contribution in [-0.4, -0.2) is 258 Å². The Balaban J connectivity index is 1.29. The molecule has 30 heteroatoms. The number of amides is 12. The van der Waals surface area contributed by atoms with Crippen LogP contribution in [0.5, 0.6) is 0 Å². The Labute approximate surface area is 614 Å². The molecule has 7 atom stereocenters. The van der Waals surface area contributed by atoms with Crippen molar-refractivity contribution in [3.63, 3.8) is 0 Å². The molecule has 1 aromatic carbocycles. The minimum absolute atomic E-state index is 0.0173. The van der Waals surface area contributed by atoms with Gasteiger partial charge in [-0.2, -0.15) is 13.2 Å². The zero-order valence-electron chi connectivity index (χ0n) is 62.3. The Bertz CT molecular complexity index is 3200.